The number of thiazole rings is 1. The molecule has 0 saturated heterocycles. The topological polar surface area (TPSA) is 26.4 Å². The number of benzene rings is 3. The fourth-order valence-electron chi connectivity index (χ4n) is 3.90. The number of aryl methyl sites for hydroxylation is 1. The molecule has 2 heterocycles. The molecule has 5 aromatic rings. The Morgan fingerprint density at radius 3 is 2.55 bits per heavy atom. The van der Waals surface area contributed by atoms with E-state index in [4.69, 9.17) is 23.8 Å². The van der Waals surface area contributed by atoms with Crippen molar-refractivity contribution in [3.05, 3.63) is 103 Å². The second-order valence-electron chi connectivity index (χ2n) is 7.28. The van der Waals surface area contributed by atoms with Crippen molar-refractivity contribution in [3.8, 4) is 10.4 Å². The predicted octanol–water partition coefficient (Wildman–Crippen LogP) is 6.86. The number of aromatic nitrogens is 2. The third kappa shape index (κ3) is 3.22. The molecule has 31 heavy (non-hydrogen) atoms. The van der Waals surface area contributed by atoms with Gasteiger partial charge in [-0.05, 0) is 54.5 Å². The van der Waals surface area contributed by atoms with Crippen LogP contribution in [0.2, 0.25) is 5.02 Å². The molecule has 0 aliphatic carbocycles. The summed E-state index contributed by atoms with van der Waals surface area (Å²) in [7, 11) is 0. The van der Waals surface area contributed by atoms with E-state index in [0.29, 0.717) is 15.0 Å². The number of fused-ring (bicyclic) bond motifs is 3. The highest BCUT2D eigenvalue weighted by atomic mass is 35.5. The summed E-state index contributed by atoms with van der Waals surface area (Å²) in [6.45, 7) is 2.02. The van der Waals surface area contributed by atoms with Gasteiger partial charge in [0.05, 0.1) is 22.3 Å². The first-order valence-electron chi connectivity index (χ1n) is 9.63. The number of hydrogen-bond acceptors (Lipinski definition) is 3. The molecular formula is C24H16ClFN2OS2. The maximum Gasteiger partial charge on any atom is 0.261 e. The first-order chi connectivity index (χ1) is 15.0. The van der Waals surface area contributed by atoms with Crippen LogP contribution in [0, 0.1) is 16.7 Å². The molecule has 0 spiro atoms. The van der Waals surface area contributed by atoms with Crippen LogP contribution in [0.25, 0.3) is 27.0 Å². The van der Waals surface area contributed by atoms with E-state index >= 15 is 0 Å². The standard InChI is InChI=1S/C24H16ClFN2OS2/c1-14-7-2-3-8-15(14)21-22-27(13-17-18(25)10-6-11-19(17)26)23(29)16-9-4-5-12-20(16)28(22)24(30)31-21/h2-12H,13H2,1H3. The summed E-state index contributed by atoms with van der Waals surface area (Å²) in [5.74, 6) is -0.447. The fraction of sp³-hybridized carbons (Fsp3) is 0.0833. The molecule has 3 aromatic carbocycles. The molecule has 5 rings (SSSR count). The summed E-state index contributed by atoms with van der Waals surface area (Å²) in [5, 5.41) is 0.803. The molecule has 0 aliphatic heterocycles. The minimum atomic E-state index is -0.447. The zero-order valence-corrected chi connectivity index (χ0v) is 18.8. The van der Waals surface area contributed by atoms with Crippen LogP contribution >= 0.6 is 35.2 Å². The van der Waals surface area contributed by atoms with Crippen molar-refractivity contribution in [1.82, 2.24) is 8.97 Å². The molecule has 0 bridgehead atoms. The molecule has 0 radical (unpaired) electrons. The quantitative estimate of drug-likeness (QED) is 0.271. The zero-order chi connectivity index (χ0) is 21.7. The van der Waals surface area contributed by atoms with Crippen LogP contribution in [-0.4, -0.2) is 8.97 Å². The second-order valence-corrected chi connectivity index (χ2v) is 9.33. The Bertz CT molecular complexity index is 1580. The first kappa shape index (κ1) is 20.1. The van der Waals surface area contributed by atoms with Crippen LogP contribution in [0.1, 0.15) is 11.1 Å². The van der Waals surface area contributed by atoms with Gasteiger partial charge in [0.2, 0.25) is 0 Å². The Hall–Kier alpha value is -2.80. The van der Waals surface area contributed by atoms with E-state index in [-0.39, 0.29) is 22.7 Å². The minimum Gasteiger partial charge on any atom is -0.288 e. The lowest BCUT2D eigenvalue weighted by atomic mass is 10.1. The molecule has 0 amide bonds. The van der Waals surface area contributed by atoms with Crippen molar-refractivity contribution in [2.45, 2.75) is 13.5 Å². The molecule has 0 fully saturated rings. The van der Waals surface area contributed by atoms with Gasteiger partial charge < -0.3 is 0 Å². The van der Waals surface area contributed by atoms with Crippen molar-refractivity contribution in [3.63, 3.8) is 0 Å². The lowest BCUT2D eigenvalue weighted by Crippen LogP contribution is -2.24. The van der Waals surface area contributed by atoms with Gasteiger partial charge in [-0.2, -0.15) is 0 Å². The molecule has 0 N–H and O–H groups in total. The number of para-hydroxylation sites is 1. The summed E-state index contributed by atoms with van der Waals surface area (Å²) in [6.07, 6.45) is 0. The molecular weight excluding hydrogens is 451 g/mol. The van der Waals surface area contributed by atoms with E-state index in [1.165, 1.54) is 17.4 Å². The van der Waals surface area contributed by atoms with Crippen LogP contribution < -0.4 is 5.56 Å². The molecule has 3 nitrogen and oxygen atoms in total. The van der Waals surface area contributed by atoms with Crippen LogP contribution in [0.15, 0.2) is 71.5 Å². The van der Waals surface area contributed by atoms with E-state index in [0.717, 1.165) is 21.5 Å². The van der Waals surface area contributed by atoms with Gasteiger partial charge in [0, 0.05) is 10.6 Å². The van der Waals surface area contributed by atoms with Gasteiger partial charge in [-0.1, -0.05) is 54.1 Å². The van der Waals surface area contributed by atoms with Gasteiger partial charge in [-0.15, -0.1) is 11.3 Å². The van der Waals surface area contributed by atoms with Crippen molar-refractivity contribution >= 4 is 51.7 Å². The molecule has 154 valence electrons. The molecule has 0 atom stereocenters. The second kappa shape index (κ2) is 7.71. The van der Waals surface area contributed by atoms with E-state index in [2.05, 4.69) is 0 Å². The molecule has 0 saturated carbocycles. The van der Waals surface area contributed by atoms with Crippen LogP contribution in [0.5, 0.6) is 0 Å². The van der Waals surface area contributed by atoms with Gasteiger partial charge in [-0.3, -0.25) is 13.8 Å². The zero-order valence-electron chi connectivity index (χ0n) is 16.4. The number of nitrogens with zero attached hydrogens (tertiary/aromatic N) is 2. The summed E-state index contributed by atoms with van der Waals surface area (Å²) in [5.41, 5.74) is 3.50. The third-order valence-corrected chi connectivity index (χ3v) is 7.18. The summed E-state index contributed by atoms with van der Waals surface area (Å²) >= 11 is 13.5. The van der Waals surface area contributed by atoms with E-state index in [1.807, 2.05) is 53.8 Å². The number of hydrogen-bond donors (Lipinski definition) is 0. The lowest BCUT2D eigenvalue weighted by molar-refractivity contribution is 0.599. The highest BCUT2D eigenvalue weighted by molar-refractivity contribution is 7.73. The maximum absolute atomic E-state index is 14.7. The Labute approximate surface area is 191 Å². The molecule has 0 unspecified atom stereocenters. The van der Waals surface area contributed by atoms with Gasteiger partial charge in [-0.25, -0.2) is 4.39 Å². The summed E-state index contributed by atoms with van der Waals surface area (Å²) < 4.78 is 18.8. The van der Waals surface area contributed by atoms with Crippen LogP contribution in [0.3, 0.4) is 0 Å². The lowest BCUT2D eigenvalue weighted by Gasteiger charge is -2.15. The third-order valence-electron chi connectivity index (χ3n) is 5.43. The van der Waals surface area contributed by atoms with E-state index in [9.17, 15) is 9.18 Å². The number of rotatable bonds is 3. The summed E-state index contributed by atoms with van der Waals surface area (Å²) in [4.78, 5) is 14.5. The average molecular weight is 467 g/mol. The highest BCUT2D eigenvalue weighted by Gasteiger charge is 2.20. The van der Waals surface area contributed by atoms with Crippen LogP contribution in [-0.2, 0) is 6.54 Å². The van der Waals surface area contributed by atoms with E-state index in [1.54, 1.807) is 22.8 Å². The van der Waals surface area contributed by atoms with Crippen LogP contribution in [0.4, 0.5) is 4.39 Å². The SMILES string of the molecule is Cc1ccccc1-c1sc(=S)n2c3ccccc3c(=O)n(Cc3c(F)cccc3Cl)c12. The molecule has 0 aliphatic rings. The van der Waals surface area contributed by atoms with Gasteiger partial charge in [0.25, 0.3) is 5.56 Å². The Morgan fingerprint density at radius 1 is 1.03 bits per heavy atom. The van der Waals surface area contributed by atoms with Crippen molar-refractivity contribution in [1.29, 1.82) is 0 Å². The minimum absolute atomic E-state index is 0.00304. The Kier molecular flexibility index (Phi) is 5.01. The van der Waals surface area contributed by atoms with Crippen molar-refractivity contribution < 1.29 is 4.39 Å². The van der Waals surface area contributed by atoms with Gasteiger partial charge in [0.1, 0.15) is 11.5 Å². The smallest absolute Gasteiger partial charge is 0.261 e. The summed E-state index contributed by atoms with van der Waals surface area (Å²) in [6, 6.07) is 19.8. The van der Waals surface area contributed by atoms with Gasteiger partial charge in [0.15, 0.2) is 3.95 Å². The monoisotopic (exact) mass is 466 g/mol. The first-order valence-corrected chi connectivity index (χ1v) is 11.2. The normalized spacial score (nSPS) is 11.5. The van der Waals surface area contributed by atoms with Crippen molar-refractivity contribution in [2.75, 3.05) is 0 Å². The number of halogens is 2. The maximum atomic E-state index is 14.7. The fourth-order valence-corrected chi connectivity index (χ4v) is 5.64. The molecule has 2 aromatic heterocycles. The molecule has 7 heteroatoms. The van der Waals surface area contributed by atoms with E-state index < -0.39 is 5.82 Å². The predicted molar refractivity (Wildman–Crippen MR) is 129 cm³/mol. The highest BCUT2D eigenvalue weighted by Crippen LogP contribution is 2.35. The Balaban J connectivity index is 1.96. The van der Waals surface area contributed by atoms with Crippen molar-refractivity contribution in [2.24, 2.45) is 0 Å². The Morgan fingerprint density at radius 2 is 1.77 bits per heavy atom. The largest absolute Gasteiger partial charge is 0.288 e. The average Bonchev–Trinajstić information content (AvgIpc) is 3.10. The van der Waals surface area contributed by atoms with Gasteiger partial charge >= 0.3 is 0 Å².